The molecule has 0 unspecified atom stereocenters. The molecule has 2 fully saturated rings. The number of piperidine rings is 1. The summed E-state index contributed by atoms with van der Waals surface area (Å²) < 4.78 is 0. The Morgan fingerprint density at radius 3 is 2.28 bits per heavy atom. The van der Waals surface area contributed by atoms with Gasteiger partial charge >= 0.3 is 0 Å². The topological polar surface area (TPSA) is 82.8 Å². The molecule has 8 nitrogen and oxygen atoms in total. The third kappa shape index (κ3) is 4.16. The monoisotopic (exact) mass is 395 g/mol. The normalized spacial score (nSPS) is 18.0. The van der Waals surface area contributed by atoms with E-state index in [9.17, 15) is 14.9 Å². The standard InChI is InChI=1S/C21H25N5O3/c27-21(25-15-13-24(14-16-25)20-7-3-4-10-22-20)17-8-11-23(12-9-17)18-5-1-2-6-19(18)26(28)29/h1-7,10,17H,8-9,11-16H2. The summed E-state index contributed by atoms with van der Waals surface area (Å²) in [5, 5.41) is 11.3. The van der Waals surface area contributed by atoms with Crippen LogP contribution in [0.15, 0.2) is 48.7 Å². The zero-order chi connectivity index (χ0) is 20.2. The minimum atomic E-state index is -0.340. The van der Waals surface area contributed by atoms with Crippen molar-refractivity contribution >= 4 is 23.1 Å². The first kappa shape index (κ1) is 19.2. The maximum Gasteiger partial charge on any atom is 0.292 e. The number of pyridine rings is 1. The van der Waals surface area contributed by atoms with Gasteiger partial charge in [0, 0.05) is 57.4 Å². The number of amides is 1. The molecule has 2 aromatic rings. The number of nitro groups is 1. The van der Waals surface area contributed by atoms with Gasteiger partial charge in [-0.1, -0.05) is 18.2 Å². The highest BCUT2D eigenvalue weighted by Gasteiger charge is 2.32. The van der Waals surface area contributed by atoms with Crippen molar-refractivity contribution in [1.29, 1.82) is 0 Å². The molecule has 3 heterocycles. The van der Waals surface area contributed by atoms with Crippen molar-refractivity contribution in [3.05, 3.63) is 58.8 Å². The van der Waals surface area contributed by atoms with Crippen LogP contribution in [0.1, 0.15) is 12.8 Å². The SMILES string of the molecule is O=C(C1CCN(c2ccccc2[N+](=O)[O-])CC1)N1CCN(c2ccccn2)CC1. The van der Waals surface area contributed by atoms with Gasteiger partial charge in [-0.05, 0) is 31.0 Å². The molecule has 0 radical (unpaired) electrons. The number of para-hydroxylation sites is 2. The molecule has 0 saturated carbocycles. The quantitative estimate of drug-likeness (QED) is 0.584. The maximum atomic E-state index is 13.0. The molecule has 2 saturated heterocycles. The number of aromatic nitrogens is 1. The van der Waals surface area contributed by atoms with E-state index in [4.69, 9.17) is 0 Å². The van der Waals surface area contributed by atoms with Crippen molar-refractivity contribution < 1.29 is 9.72 Å². The largest absolute Gasteiger partial charge is 0.366 e. The molecule has 0 bridgehead atoms. The van der Waals surface area contributed by atoms with Crippen LogP contribution in [0.2, 0.25) is 0 Å². The van der Waals surface area contributed by atoms with Crippen molar-refractivity contribution in [3.63, 3.8) is 0 Å². The predicted octanol–water partition coefficient (Wildman–Crippen LogP) is 2.56. The molecule has 2 aliphatic heterocycles. The number of piperazine rings is 1. The lowest BCUT2D eigenvalue weighted by atomic mass is 9.94. The van der Waals surface area contributed by atoms with E-state index in [1.165, 1.54) is 6.07 Å². The van der Waals surface area contributed by atoms with Crippen molar-refractivity contribution in [2.24, 2.45) is 5.92 Å². The van der Waals surface area contributed by atoms with Crippen LogP contribution < -0.4 is 9.80 Å². The number of hydrogen-bond acceptors (Lipinski definition) is 6. The van der Waals surface area contributed by atoms with E-state index in [-0.39, 0.29) is 22.4 Å². The van der Waals surface area contributed by atoms with Crippen molar-refractivity contribution in [2.75, 3.05) is 49.1 Å². The van der Waals surface area contributed by atoms with Gasteiger partial charge in [-0.15, -0.1) is 0 Å². The van der Waals surface area contributed by atoms with Crippen molar-refractivity contribution in [1.82, 2.24) is 9.88 Å². The maximum absolute atomic E-state index is 13.0. The number of anilines is 2. The second-order valence-corrected chi connectivity index (χ2v) is 7.51. The molecule has 0 spiro atoms. The number of carbonyl (C=O) groups is 1. The Labute approximate surface area is 169 Å². The van der Waals surface area contributed by atoms with Gasteiger partial charge in [0.05, 0.1) is 4.92 Å². The number of benzene rings is 1. The summed E-state index contributed by atoms with van der Waals surface area (Å²) in [5.74, 6) is 1.17. The first-order valence-corrected chi connectivity index (χ1v) is 10.1. The lowest BCUT2D eigenvalue weighted by Crippen LogP contribution is -2.52. The van der Waals surface area contributed by atoms with E-state index in [2.05, 4.69) is 9.88 Å². The van der Waals surface area contributed by atoms with Gasteiger partial charge in [0.1, 0.15) is 11.5 Å². The van der Waals surface area contributed by atoms with Crippen LogP contribution in [0.3, 0.4) is 0 Å². The van der Waals surface area contributed by atoms with Gasteiger partial charge in [-0.2, -0.15) is 0 Å². The molecule has 4 rings (SSSR count). The van der Waals surface area contributed by atoms with Crippen LogP contribution in [0.4, 0.5) is 17.2 Å². The minimum absolute atomic E-state index is 0.00424. The summed E-state index contributed by atoms with van der Waals surface area (Å²) in [7, 11) is 0. The van der Waals surface area contributed by atoms with Crippen LogP contribution in [0.5, 0.6) is 0 Å². The van der Waals surface area contributed by atoms with Gasteiger partial charge in [-0.3, -0.25) is 14.9 Å². The number of rotatable bonds is 4. The fourth-order valence-electron chi connectivity index (χ4n) is 4.21. The Hall–Kier alpha value is -3.16. The van der Waals surface area contributed by atoms with Crippen LogP contribution in [-0.4, -0.2) is 60.0 Å². The Balaban J connectivity index is 1.32. The third-order valence-corrected chi connectivity index (χ3v) is 5.83. The Bertz CT molecular complexity index is 860. The smallest absolute Gasteiger partial charge is 0.292 e. The molecule has 0 atom stereocenters. The van der Waals surface area contributed by atoms with Crippen molar-refractivity contribution in [3.8, 4) is 0 Å². The van der Waals surface area contributed by atoms with E-state index >= 15 is 0 Å². The average molecular weight is 395 g/mol. The molecule has 29 heavy (non-hydrogen) atoms. The Kier molecular flexibility index (Phi) is 5.59. The Morgan fingerprint density at radius 1 is 0.931 bits per heavy atom. The molecule has 8 heteroatoms. The number of carbonyl (C=O) groups excluding carboxylic acids is 1. The van der Waals surface area contributed by atoms with Gasteiger partial charge in [0.15, 0.2) is 0 Å². The van der Waals surface area contributed by atoms with Gasteiger partial charge in [0.25, 0.3) is 5.69 Å². The van der Waals surface area contributed by atoms with Crippen LogP contribution in [0.25, 0.3) is 0 Å². The lowest BCUT2D eigenvalue weighted by Gasteiger charge is -2.39. The second-order valence-electron chi connectivity index (χ2n) is 7.51. The first-order valence-electron chi connectivity index (χ1n) is 10.1. The Morgan fingerprint density at radius 2 is 1.62 bits per heavy atom. The van der Waals surface area contributed by atoms with E-state index in [1.54, 1.807) is 18.3 Å². The fraction of sp³-hybridized carbons (Fsp3) is 0.429. The van der Waals surface area contributed by atoms with Crippen LogP contribution in [-0.2, 0) is 4.79 Å². The lowest BCUT2D eigenvalue weighted by molar-refractivity contribution is -0.384. The molecule has 1 aromatic carbocycles. The average Bonchev–Trinajstić information content (AvgIpc) is 2.79. The summed E-state index contributed by atoms with van der Waals surface area (Å²) in [6.45, 7) is 4.32. The van der Waals surface area contributed by atoms with Crippen molar-refractivity contribution in [2.45, 2.75) is 12.8 Å². The van der Waals surface area contributed by atoms with Gasteiger partial charge in [0.2, 0.25) is 5.91 Å². The molecular weight excluding hydrogens is 370 g/mol. The number of nitrogens with zero attached hydrogens (tertiary/aromatic N) is 5. The minimum Gasteiger partial charge on any atom is -0.366 e. The zero-order valence-corrected chi connectivity index (χ0v) is 16.3. The fourth-order valence-corrected chi connectivity index (χ4v) is 4.21. The predicted molar refractivity (Wildman–Crippen MR) is 111 cm³/mol. The first-order chi connectivity index (χ1) is 14.1. The zero-order valence-electron chi connectivity index (χ0n) is 16.3. The van der Waals surface area contributed by atoms with E-state index in [0.717, 1.165) is 31.7 Å². The number of nitro benzene ring substituents is 1. The molecule has 152 valence electrons. The van der Waals surface area contributed by atoms with Crippen LogP contribution >= 0.6 is 0 Å². The molecule has 1 amide bonds. The second kappa shape index (κ2) is 8.46. The highest BCUT2D eigenvalue weighted by molar-refractivity contribution is 5.79. The van der Waals surface area contributed by atoms with E-state index in [1.807, 2.05) is 34.1 Å². The summed E-state index contributed by atoms with van der Waals surface area (Å²) in [6.07, 6.45) is 3.24. The summed E-state index contributed by atoms with van der Waals surface area (Å²) in [5.41, 5.74) is 0.773. The van der Waals surface area contributed by atoms with Crippen LogP contribution in [0, 0.1) is 16.0 Å². The van der Waals surface area contributed by atoms with E-state index in [0.29, 0.717) is 31.9 Å². The van der Waals surface area contributed by atoms with Gasteiger partial charge in [-0.25, -0.2) is 4.98 Å². The highest BCUT2D eigenvalue weighted by atomic mass is 16.6. The molecular formula is C21H25N5O3. The third-order valence-electron chi connectivity index (χ3n) is 5.83. The summed E-state index contributed by atoms with van der Waals surface area (Å²) in [6, 6.07) is 12.7. The molecule has 0 aliphatic carbocycles. The van der Waals surface area contributed by atoms with Gasteiger partial charge < -0.3 is 14.7 Å². The van der Waals surface area contributed by atoms with E-state index < -0.39 is 0 Å². The number of hydrogen-bond donors (Lipinski definition) is 0. The molecule has 2 aliphatic rings. The molecule has 0 N–H and O–H groups in total. The summed E-state index contributed by atoms with van der Waals surface area (Å²) in [4.78, 5) is 34.5. The highest BCUT2D eigenvalue weighted by Crippen LogP contribution is 2.31. The summed E-state index contributed by atoms with van der Waals surface area (Å²) >= 11 is 0. The molecule has 1 aromatic heterocycles.